The van der Waals surface area contributed by atoms with Crippen molar-refractivity contribution in [3.8, 4) is 11.5 Å². The summed E-state index contributed by atoms with van der Waals surface area (Å²) >= 11 is 5.98. The number of ether oxygens (including phenoxy) is 2. The number of anilines is 1. The van der Waals surface area contributed by atoms with Crippen molar-refractivity contribution in [2.75, 3.05) is 18.5 Å². The van der Waals surface area contributed by atoms with E-state index in [1.807, 2.05) is 31.3 Å². The smallest absolute Gasteiger partial charge is 0.262 e. The van der Waals surface area contributed by atoms with Gasteiger partial charge < -0.3 is 14.8 Å². The van der Waals surface area contributed by atoms with Crippen molar-refractivity contribution in [2.45, 2.75) is 13.5 Å². The molecule has 1 aromatic heterocycles. The highest BCUT2D eigenvalue weighted by Gasteiger charge is 2.06. The van der Waals surface area contributed by atoms with E-state index in [9.17, 15) is 4.79 Å². The maximum atomic E-state index is 12.1. The number of halogens is 1. The van der Waals surface area contributed by atoms with E-state index in [4.69, 9.17) is 21.1 Å². The van der Waals surface area contributed by atoms with Gasteiger partial charge in [-0.3, -0.25) is 9.48 Å². The summed E-state index contributed by atoms with van der Waals surface area (Å²) in [5, 5.41) is 7.58. The average Bonchev–Trinajstić information content (AvgIpc) is 3.16. The zero-order valence-electron chi connectivity index (χ0n) is 14.9. The van der Waals surface area contributed by atoms with E-state index in [0.717, 1.165) is 5.56 Å². The third kappa shape index (κ3) is 5.76. The minimum Gasteiger partial charge on any atom is -0.492 e. The molecule has 0 aliphatic carbocycles. The average molecular weight is 386 g/mol. The van der Waals surface area contributed by atoms with Gasteiger partial charge >= 0.3 is 0 Å². The highest BCUT2D eigenvalue weighted by molar-refractivity contribution is 6.31. The number of carbonyl (C=O) groups excluding carboxylic acids is 1. The van der Waals surface area contributed by atoms with E-state index in [1.165, 1.54) is 0 Å². The predicted molar refractivity (Wildman–Crippen MR) is 104 cm³/mol. The lowest BCUT2D eigenvalue weighted by Crippen LogP contribution is -2.20. The molecule has 0 aliphatic heterocycles. The monoisotopic (exact) mass is 385 g/mol. The highest BCUT2D eigenvalue weighted by Crippen LogP contribution is 2.21. The van der Waals surface area contributed by atoms with Crippen LogP contribution in [0.25, 0.3) is 0 Å². The number of rotatable bonds is 8. The zero-order valence-corrected chi connectivity index (χ0v) is 15.6. The van der Waals surface area contributed by atoms with Gasteiger partial charge in [-0.25, -0.2) is 0 Å². The van der Waals surface area contributed by atoms with E-state index in [1.54, 1.807) is 41.2 Å². The Kier molecular flexibility index (Phi) is 6.33. The van der Waals surface area contributed by atoms with Crippen molar-refractivity contribution < 1.29 is 14.3 Å². The second-order valence-corrected chi connectivity index (χ2v) is 6.30. The first-order chi connectivity index (χ1) is 13.1. The molecule has 1 heterocycles. The summed E-state index contributed by atoms with van der Waals surface area (Å²) in [6, 6.07) is 14.4. The number of nitrogens with zero attached hydrogens (tertiary/aromatic N) is 2. The Morgan fingerprint density at radius 1 is 1.15 bits per heavy atom. The number of hydrogen-bond donors (Lipinski definition) is 1. The van der Waals surface area contributed by atoms with Crippen molar-refractivity contribution in [3.05, 3.63) is 71.5 Å². The summed E-state index contributed by atoms with van der Waals surface area (Å²) in [6.45, 7) is 2.93. The topological polar surface area (TPSA) is 65.4 Å². The molecule has 0 bridgehead atoms. The van der Waals surface area contributed by atoms with Crippen LogP contribution in [-0.2, 0) is 11.3 Å². The second-order valence-electron chi connectivity index (χ2n) is 5.89. The van der Waals surface area contributed by atoms with Crippen molar-refractivity contribution >= 4 is 23.2 Å². The van der Waals surface area contributed by atoms with Crippen LogP contribution in [0.1, 0.15) is 5.56 Å². The van der Waals surface area contributed by atoms with Crippen LogP contribution >= 0.6 is 11.6 Å². The molecule has 3 rings (SSSR count). The van der Waals surface area contributed by atoms with Gasteiger partial charge in [-0.15, -0.1) is 0 Å². The van der Waals surface area contributed by atoms with Gasteiger partial charge in [0.15, 0.2) is 6.61 Å². The Morgan fingerprint density at radius 2 is 2.00 bits per heavy atom. The third-order valence-corrected chi connectivity index (χ3v) is 4.19. The normalized spacial score (nSPS) is 10.4. The Bertz CT molecular complexity index is 897. The third-order valence-electron chi connectivity index (χ3n) is 3.77. The number of nitrogens with one attached hydrogen (secondary N) is 1. The van der Waals surface area contributed by atoms with Crippen molar-refractivity contribution in [1.29, 1.82) is 0 Å². The number of amides is 1. The number of aromatic nitrogens is 2. The van der Waals surface area contributed by atoms with Gasteiger partial charge in [-0.1, -0.05) is 17.7 Å². The first kappa shape index (κ1) is 18.8. The molecule has 6 nitrogen and oxygen atoms in total. The zero-order chi connectivity index (χ0) is 19.1. The van der Waals surface area contributed by atoms with E-state index < -0.39 is 0 Å². The molecule has 0 spiro atoms. The van der Waals surface area contributed by atoms with E-state index >= 15 is 0 Å². The van der Waals surface area contributed by atoms with Crippen LogP contribution in [0, 0.1) is 6.92 Å². The number of aryl methyl sites for hydroxylation is 1. The fourth-order valence-corrected chi connectivity index (χ4v) is 2.52. The summed E-state index contributed by atoms with van der Waals surface area (Å²) in [5.41, 5.74) is 1.54. The van der Waals surface area contributed by atoms with Gasteiger partial charge in [-0.2, -0.15) is 5.10 Å². The molecular formula is C20H20ClN3O3. The summed E-state index contributed by atoms with van der Waals surface area (Å²) in [4.78, 5) is 12.1. The number of carbonyl (C=O) groups is 1. The van der Waals surface area contributed by atoms with Crippen molar-refractivity contribution in [3.63, 3.8) is 0 Å². The van der Waals surface area contributed by atoms with Crippen LogP contribution in [-0.4, -0.2) is 28.9 Å². The molecule has 0 fully saturated rings. The molecule has 1 amide bonds. The molecule has 0 atom stereocenters. The maximum absolute atomic E-state index is 12.1. The molecule has 27 heavy (non-hydrogen) atoms. The second kappa shape index (κ2) is 9.09. The van der Waals surface area contributed by atoms with Gasteiger partial charge in [0.2, 0.25) is 0 Å². The first-order valence-corrected chi connectivity index (χ1v) is 8.87. The van der Waals surface area contributed by atoms with E-state index in [0.29, 0.717) is 35.4 Å². The van der Waals surface area contributed by atoms with Crippen LogP contribution in [0.15, 0.2) is 60.9 Å². The molecule has 0 saturated heterocycles. The van der Waals surface area contributed by atoms with Crippen LogP contribution < -0.4 is 14.8 Å². The van der Waals surface area contributed by atoms with Crippen molar-refractivity contribution in [2.24, 2.45) is 0 Å². The van der Waals surface area contributed by atoms with Crippen LogP contribution in [0.5, 0.6) is 11.5 Å². The van der Waals surface area contributed by atoms with Gasteiger partial charge in [0, 0.05) is 29.2 Å². The summed E-state index contributed by atoms with van der Waals surface area (Å²) < 4.78 is 13.0. The fourth-order valence-electron chi connectivity index (χ4n) is 2.41. The summed E-state index contributed by atoms with van der Waals surface area (Å²) in [5.74, 6) is 1.02. The van der Waals surface area contributed by atoms with Crippen LogP contribution in [0.3, 0.4) is 0 Å². The van der Waals surface area contributed by atoms with Gasteiger partial charge in [0.1, 0.15) is 18.1 Å². The molecule has 0 unspecified atom stereocenters. The molecule has 1 N–H and O–H groups in total. The molecule has 0 radical (unpaired) electrons. The molecule has 0 aliphatic rings. The standard InChI is InChI=1S/C20H20ClN3O3/c1-15-12-18(6-7-19(15)21)27-14-20(25)23-16-4-2-5-17(13-16)26-11-10-24-9-3-8-22-24/h2-9,12-13H,10-11,14H2,1H3,(H,23,25). The van der Waals surface area contributed by atoms with Crippen LogP contribution in [0.2, 0.25) is 5.02 Å². The van der Waals surface area contributed by atoms with Crippen LogP contribution in [0.4, 0.5) is 5.69 Å². The summed E-state index contributed by atoms with van der Waals surface area (Å²) in [6.07, 6.45) is 3.60. The molecule has 3 aromatic rings. The SMILES string of the molecule is Cc1cc(OCC(=O)Nc2cccc(OCCn3cccn3)c2)ccc1Cl. The summed E-state index contributed by atoms with van der Waals surface area (Å²) in [7, 11) is 0. The quantitative estimate of drug-likeness (QED) is 0.637. The number of benzene rings is 2. The lowest BCUT2D eigenvalue weighted by atomic mass is 10.2. The molecular weight excluding hydrogens is 366 g/mol. The minimum absolute atomic E-state index is 0.0918. The van der Waals surface area contributed by atoms with Crippen molar-refractivity contribution in [1.82, 2.24) is 9.78 Å². The Morgan fingerprint density at radius 3 is 2.78 bits per heavy atom. The Labute approximate surface area is 162 Å². The largest absolute Gasteiger partial charge is 0.492 e. The predicted octanol–water partition coefficient (Wildman–Crippen LogP) is 3.94. The highest BCUT2D eigenvalue weighted by atomic mass is 35.5. The lowest BCUT2D eigenvalue weighted by molar-refractivity contribution is -0.118. The molecule has 7 heteroatoms. The number of hydrogen-bond acceptors (Lipinski definition) is 4. The van der Waals surface area contributed by atoms with Gasteiger partial charge in [0.05, 0.1) is 6.54 Å². The van der Waals surface area contributed by atoms with Gasteiger partial charge in [-0.05, 0) is 48.9 Å². The molecule has 2 aromatic carbocycles. The van der Waals surface area contributed by atoms with Gasteiger partial charge in [0.25, 0.3) is 5.91 Å². The Hall–Kier alpha value is -2.99. The fraction of sp³-hybridized carbons (Fsp3) is 0.200. The molecule has 140 valence electrons. The minimum atomic E-state index is -0.253. The lowest BCUT2D eigenvalue weighted by Gasteiger charge is -2.10. The molecule has 0 saturated carbocycles. The van der Waals surface area contributed by atoms with E-state index in [2.05, 4.69) is 10.4 Å². The maximum Gasteiger partial charge on any atom is 0.262 e. The Balaban J connectivity index is 1.47. The van der Waals surface area contributed by atoms with E-state index in [-0.39, 0.29) is 12.5 Å². The first-order valence-electron chi connectivity index (χ1n) is 8.49.